The van der Waals surface area contributed by atoms with Crippen LogP contribution in [0, 0.1) is 17.8 Å². The molecular formula is C15H24N4. The van der Waals surface area contributed by atoms with Crippen LogP contribution in [0.4, 0.5) is 5.82 Å². The molecule has 1 heterocycles. The first kappa shape index (κ1) is 12.9. The van der Waals surface area contributed by atoms with Gasteiger partial charge in [0.25, 0.3) is 0 Å². The van der Waals surface area contributed by atoms with E-state index in [1.54, 1.807) is 0 Å². The van der Waals surface area contributed by atoms with Crippen molar-refractivity contribution in [2.24, 2.45) is 17.8 Å². The Bertz CT molecular complexity index is 434. The molecule has 0 spiro atoms. The summed E-state index contributed by atoms with van der Waals surface area (Å²) in [6, 6.07) is 0. The van der Waals surface area contributed by atoms with Crippen molar-refractivity contribution in [2.45, 2.75) is 32.2 Å². The molecule has 2 fully saturated rings. The van der Waals surface area contributed by atoms with Crippen LogP contribution in [0.3, 0.4) is 0 Å². The van der Waals surface area contributed by atoms with Crippen LogP contribution in [-0.2, 0) is 6.54 Å². The SMILES string of the molecule is CNCc1cncc(N(C)CC2CC3CCC2C3)n1. The van der Waals surface area contributed by atoms with E-state index in [2.05, 4.69) is 27.2 Å². The third-order valence-corrected chi connectivity index (χ3v) is 4.81. The number of nitrogens with zero attached hydrogens (tertiary/aromatic N) is 3. The summed E-state index contributed by atoms with van der Waals surface area (Å²) < 4.78 is 0. The minimum absolute atomic E-state index is 0.781. The third kappa shape index (κ3) is 2.73. The summed E-state index contributed by atoms with van der Waals surface area (Å²) in [6.07, 6.45) is 9.55. The van der Waals surface area contributed by atoms with Crippen molar-refractivity contribution in [3.05, 3.63) is 18.1 Å². The van der Waals surface area contributed by atoms with Crippen molar-refractivity contribution in [1.82, 2.24) is 15.3 Å². The Morgan fingerprint density at radius 2 is 2.21 bits per heavy atom. The van der Waals surface area contributed by atoms with Crippen LogP contribution in [-0.4, -0.2) is 30.6 Å². The maximum Gasteiger partial charge on any atom is 0.147 e. The maximum atomic E-state index is 4.67. The van der Waals surface area contributed by atoms with Gasteiger partial charge in [-0.15, -0.1) is 0 Å². The Labute approximate surface area is 115 Å². The Morgan fingerprint density at radius 3 is 2.89 bits per heavy atom. The molecule has 0 aliphatic heterocycles. The lowest BCUT2D eigenvalue weighted by Gasteiger charge is -2.27. The van der Waals surface area contributed by atoms with E-state index in [4.69, 9.17) is 0 Å². The first-order chi connectivity index (χ1) is 9.26. The zero-order valence-corrected chi connectivity index (χ0v) is 12.0. The molecule has 2 aliphatic rings. The number of anilines is 1. The molecule has 0 aromatic carbocycles. The minimum atomic E-state index is 0.781. The molecule has 0 radical (unpaired) electrons. The van der Waals surface area contributed by atoms with Crippen molar-refractivity contribution in [1.29, 1.82) is 0 Å². The highest BCUT2D eigenvalue weighted by Gasteiger charge is 2.39. The van der Waals surface area contributed by atoms with E-state index in [-0.39, 0.29) is 0 Å². The molecule has 4 heteroatoms. The van der Waals surface area contributed by atoms with Gasteiger partial charge in [-0.25, -0.2) is 4.98 Å². The zero-order chi connectivity index (χ0) is 13.2. The van der Waals surface area contributed by atoms with Gasteiger partial charge in [0.1, 0.15) is 5.82 Å². The van der Waals surface area contributed by atoms with E-state index < -0.39 is 0 Å². The van der Waals surface area contributed by atoms with Crippen molar-refractivity contribution in [3.8, 4) is 0 Å². The quantitative estimate of drug-likeness (QED) is 0.880. The molecule has 1 aromatic rings. The van der Waals surface area contributed by atoms with E-state index in [0.29, 0.717) is 0 Å². The molecular weight excluding hydrogens is 236 g/mol. The fourth-order valence-electron chi connectivity index (χ4n) is 3.89. The van der Waals surface area contributed by atoms with E-state index >= 15 is 0 Å². The van der Waals surface area contributed by atoms with Crippen LogP contribution in [0.1, 0.15) is 31.4 Å². The second-order valence-electron chi connectivity index (χ2n) is 6.21. The monoisotopic (exact) mass is 260 g/mol. The summed E-state index contributed by atoms with van der Waals surface area (Å²) in [4.78, 5) is 11.3. The van der Waals surface area contributed by atoms with Gasteiger partial charge in [0.15, 0.2) is 0 Å². The fraction of sp³-hybridized carbons (Fsp3) is 0.733. The summed E-state index contributed by atoms with van der Waals surface area (Å²) in [5.41, 5.74) is 1.01. The van der Waals surface area contributed by atoms with Gasteiger partial charge in [-0.3, -0.25) is 4.98 Å². The van der Waals surface area contributed by atoms with Crippen molar-refractivity contribution in [3.63, 3.8) is 0 Å². The second-order valence-corrected chi connectivity index (χ2v) is 6.21. The van der Waals surface area contributed by atoms with Gasteiger partial charge in [0, 0.05) is 26.3 Å². The predicted octanol–water partition coefficient (Wildman–Crippen LogP) is 2.07. The second kappa shape index (κ2) is 5.45. The summed E-state index contributed by atoms with van der Waals surface area (Å²) in [5.74, 6) is 3.88. The largest absolute Gasteiger partial charge is 0.358 e. The third-order valence-electron chi connectivity index (χ3n) is 4.81. The number of hydrogen-bond acceptors (Lipinski definition) is 4. The number of aromatic nitrogens is 2. The number of nitrogens with one attached hydrogen (secondary N) is 1. The highest BCUT2D eigenvalue weighted by Crippen LogP contribution is 2.48. The first-order valence-electron chi connectivity index (χ1n) is 7.43. The van der Waals surface area contributed by atoms with E-state index in [1.165, 1.54) is 25.7 Å². The Balaban J connectivity index is 1.63. The zero-order valence-electron chi connectivity index (χ0n) is 12.0. The standard InChI is InChI=1S/C15H24N4/c1-16-7-14-8-17-9-15(18-14)19(2)10-13-6-11-3-4-12(13)5-11/h8-9,11-13,16H,3-7,10H2,1-2H3. The molecule has 0 amide bonds. The van der Waals surface area contributed by atoms with Gasteiger partial charge in [0.2, 0.25) is 0 Å². The molecule has 2 bridgehead atoms. The number of fused-ring (bicyclic) bond motifs is 2. The minimum Gasteiger partial charge on any atom is -0.358 e. The van der Waals surface area contributed by atoms with E-state index in [0.717, 1.165) is 42.4 Å². The average molecular weight is 260 g/mol. The Hall–Kier alpha value is -1.16. The molecule has 3 unspecified atom stereocenters. The summed E-state index contributed by atoms with van der Waals surface area (Å²) >= 11 is 0. The van der Waals surface area contributed by atoms with Crippen LogP contribution >= 0.6 is 0 Å². The molecule has 104 valence electrons. The van der Waals surface area contributed by atoms with Crippen molar-refractivity contribution < 1.29 is 0 Å². The lowest BCUT2D eigenvalue weighted by molar-refractivity contribution is 0.337. The first-order valence-corrected chi connectivity index (χ1v) is 7.43. The van der Waals surface area contributed by atoms with Gasteiger partial charge in [-0.2, -0.15) is 0 Å². The van der Waals surface area contributed by atoms with Crippen LogP contribution < -0.4 is 10.2 Å². The summed E-state index contributed by atoms with van der Waals surface area (Å²) in [6.45, 7) is 1.92. The lowest BCUT2D eigenvalue weighted by atomic mass is 9.88. The fourth-order valence-corrected chi connectivity index (χ4v) is 3.89. The smallest absolute Gasteiger partial charge is 0.147 e. The van der Waals surface area contributed by atoms with Gasteiger partial charge < -0.3 is 10.2 Å². The number of rotatable bonds is 5. The van der Waals surface area contributed by atoms with Crippen LogP contribution in [0.25, 0.3) is 0 Å². The van der Waals surface area contributed by atoms with Crippen molar-refractivity contribution in [2.75, 3.05) is 25.5 Å². The number of hydrogen-bond donors (Lipinski definition) is 1. The lowest BCUT2D eigenvalue weighted by Crippen LogP contribution is -2.29. The Morgan fingerprint density at radius 1 is 1.32 bits per heavy atom. The molecule has 1 aromatic heterocycles. The summed E-state index contributed by atoms with van der Waals surface area (Å²) in [7, 11) is 4.09. The average Bonchev–Trinajstić information content (AvgIpc) is 3.02. The molecule has 3 rings (SSSR count). The molecule has 2 saturated carbocycles. The van der Waals surface area contributed by atoms with E-state index in [1.807, 2.05) is 19.4 Å². The normalized spacial score (nSPS) is 28.8. The molecule has 1 N–H and O–H groups in total. The van der Waals surface area contributed by atoms with Gasteiger partial charge in [-0.1, -0.05) is 6.42 Å². The van der Waals surface area contributed by atoms with Crippen molar-refractivity contribution >= 4 is 5.82 Å². The van der Waals surface area contributed by atoms with E-state index in [9.17, 15) is 0 Å². The Kier molecular flexibility index (Phi) is 3.69. The topological polar surface area (TPSA) is 41.1 Å². The molecule has 3 atom stereocenters. The molecule has 0 saturated heterocycles. The predicted molar refractivity (Wildman–Crippen MR) is 77.0 cm³/mol. The highest BCUT2D eigenvalue weighted by molar-refractivity contribution is 5.35. The van der Waals surface area contributed by atoms with Crippen LogP contribution in [0.2, 0.25) is 0 Å². The van der Waals surface area contributed by atoms with Crippen LogP contribution in [0.15, 0.2) is 12.4 Å². The van der Waals surface area contributed by atoms with Gasteiger partial charge in [0.05, 0.1) is 11.9 Å². The van der Waals surface area contributed by atoms with Gasteiger partial charge >= 0.3 is 0 Å². The molecule has 2 aliphatic carbocycles. The highest BCUT2D eigenvalue weighted by atomic mass is 15.2. The summed E-state index contributed by atoms with van der Waals surface area (Å²) in [5, 5.41) is 3.12. The molecule has 4 nitrogen and oxygen atoms in total. The maximum absolute atomic E-state index is 4.67. The van der Waals surface area contributed by atoms with Gasteiger partial charge in [-0.05, 0) is 44.1 Å². The molecule has 19 heavy (non-hydrogen) atoms. The van der Waals surface area contributed by atoms with Crippen LogP contribution in [0.5, 0.6) is 0 Å².